The Kier molecular flexibility index (Phi) is 6.11. The predicted octanol–water partition coefficient (Wildman–Crippen LogP) is 2.63. The summed E-state index contributed by atoms with van der Waals surface area (Å²) in [6, 6.07) is 12.2. The minimum atomic E-state index is -0.174. The van der Waals surface area contributed by atoms with Gasteiger partial charge in [-0.15, -0.1) is 0 Å². The molecule has 2 aliphatic rings. The number of para-hydroxylation sites is 1. The monoisotopic (exact) mass is 393 g/mol. The van der Waals surface area contributed by atoms with Crippen molar-refractivity contribution in [3.63, 3.8) is 0 Å². The van der Waals surface area contributed by atoms with Crippen LogP contribution in [-0.4, -0.2) is 42.8 Å². The van der Waals surface area contributed by atoms with E-state index < -0.39 is 0 Å². The van der Waals surface area contributed by atoms with Gasteiger partial charge in [-0.3, -0.25) is 4.79 Å². The van der Waals surface area contributed by atoms with Crippen molar-refractivity contribution in [1.29, 1.82) is 5.26 Å². The van der Waals surface area contributed by atoms with Gasteiger partial charge in [-0.1, -0.05) is 23.7 Å². The fourth-order valence-corrected chi connectivity index (χ4v) is 4.23. The van der Waals surface area contributed by atoms with Crippen LogP contribution in [0.1, 0.15) is 53.9 Å². The average Bonchev–Trinajstić information content (AvgIpc) is 3.24. The van der Waals surface area contributed by atoms with E-state index in [1.165, 1.54) is 12.8 Å². The summed E-state index contributed by atoms with van der Waals surface area (Å²) in [5.41, 5.74) is 2.02. The number of nitriles is 1. The SMILES string of the molecule is N#Cc1ccccc1N1CCC(NC(=O)c2cc(CC3CCCCN3)on2)CC1. The number of piperidine rings is 2. The van der Waals surface area contributed by atoms with Gasteiger partial charge in [-0.05, 0) is 44.4 Å². The molecule has 1 unspecified atom stereocenters. The summed E-state index contributed by atoms with van der Waals surface area (Å²) < 4.78 is 5.39. The van der Waals surface area contributed by atoms with Gasteiger partial charge in [0.15, 0.2) is 5.69 Å². The van der Waals surface area contributed by atoms with E-state index in [9.17, 15) is 10.1 Å². The number of rotatable bonds is 5. The number of aromatic nitrogens is 1. The van der Waals surface area contributed by atoms with E-state index in [-0.39, 0.29) is 11.9 Å². The lowest BCUT2D eigenvalue weighted by Crippen LogP contribution is -2.45. The molecule has 7 nitrogen and oxygen atoms in total. The molecule has 3 heterocycles. The van der Waals surface area contributed by atoms with Crippen molar-refractivity contribution in [2.75, 3.05) is 24.5 Å². The summed E-state index contributed by atoms with van der Waals surface area (Å²) in [5, 5.41) is 19.8. The molecule has 0 saturated carbocycles. The number of carbonyl (C=O) groups excluding carboxylic acids is 1. The first-order valence-corrected chi connectivity index (χ1v) is 10.5. The molecule has 2 N–H and O–H groups in total. The second-order valence-corrected chi connectivity index (χ2v) is 7.89. The second-order valence-electron chi connectivity index (χ2n) is 7.89. The molecule has 29 heavy (non-hydrogen) atoms. The van der Waals surface area contributed by atoms with Gasteiger partial charge in [0.1, 0.15) is 11.8 Å². The Morgan fingerprint density at radius 2 is 2.10 bits per heavy atom. The summed E-state index contributed by atoms with van der Waals surface area (Å²) in [7, 11) is 0. The van der Waals surface area contributed by atoms with Crippen LogP contribution in [0.25, 0.3) is 0 Å². The van der Waals surface area contributed by atoms with Crippen LogP contribution in [0, 0.1) is 11.3 Å². The quantitative estimate of drug-likeness (QED) is 0.811. The molecule has 2 aromatic rings. The molecular weight excluding hydrogens is 366 g/mol. The maximum absolute atomic E-state index is 12.6. The highest BCUT2D eigenvalue weighted by atomic mass is 16.5. The van der Waals surface area contributed by atoms with E-state index in [4.69, 9.17) is 4.52 Å². The number of hydrogen-bond donors (Lipinski definition) is 2. The summed E-state index contributed by atoms with van der Waals surface area (Å²) >= 11 is 0. The highest BCUT2D eigenvalue weighted by Gasteiger charge is 2.24. The van der Waals surface area contributed by atoms with Crippen LogP contribution >= 0.6 is 0 Å². The Morgan fingerprint density at radius 1 is 1.28 bits per heavy atom. The molecule has 0 bridgehead atoms. The molecule has 0 radical (unpaired) electrons. The van der Waals surface area contributed by atoms with E-state index in [1.54, 1.807) is 6.07 Å². The summed E-state index contributed by atoms with van der Waals surface area (Å²) in [6.07, 6.45) is 6.04. The first-order valence-electron chi connectivity index (χ1n) is 10.5. The standard InChI is InChI=1S/C22H27N5O2/c23-15-16-5-1-2-7-21(16)27-11-8-17(9-12-27)25-22(28)20-14-19(29-26-20)13-18-6-3-4-10-24-18/h1-2,5,7,14,17-18,24H,3-4,6,8-13H2,(H,25,28). The smallest absolute Gasteiger partial charge is 0.273 e. The molecule has 1 aromatic carbocycles. The summed E-state index contributed by atoms with van der Waals surface area (Å²) in [4.78, 5) is 14.8. The van der Waals surface area contributed by atoms with Gasteiger partial charge in [0.2, 0.25) is 0 Å². The van der Waals surface area contributed by atoms with Crippen LogP contribution in [0.5, 0.6) is 0 Å². The van der Waals surface area contributed by atoms with E-state index >= 15 is 0 Å². The highest BCUT2D eigenvalue weighted by Crippen LogP contribution is 2.24. The predicted molar refractivity (Wildman–Crippen MR) is 110 cm³/mol. The number of hydrogen-bond acceptors (Lipinski definition) is 6. The average molecular weight is 393 g/mol. The van der Waals surface area contributed by atoms with Crippen molar-refractivity contribution < 1.29 is 9.32 Å². The van der Waals surface area contributed by atoms with Gasteiger partial charge >= 0.3 is 0 Å². The number of anilines is 1. The van der Waals surface area contributed by atoms with Crippen molar-refractivity contribution in [2.45, 2.75) is 50.6 Å². The van der Waals surface area contributed by atoms with Gasteiger partial charge in [0, 0.05) is 37.7 Å². The van der Waals surface area contributed by atoms with Gasteiger partial charge in [0.05, 0.1) is 11.3 Å². The van der Waals surface area contributed by atoms with Gasteiger partial charge in [-0.2, -0.15) is 5.26 Å². The molecule has 4 rings (SSSR count). The lowest BCUT2D eigenvalue weighted by atomic mass is 10.0. The van der Waals surface area contributed by atoms with Crippen molar-refractivity contribution in [3.05, 3.63) is 47.3 Å². The molecule has 2 aliphatic heterocycles. The molecule has 0 spiro atoms. The summed E-state index contributed by atoms with van der Waals surface area (Å²) in [5.74, 6) is 0.588. The van der Waals surface area contributed by atoms with E-state index in [2.05, 4.69) is 26.8 Å². The van der Waals surface area contributed by atoms with Crippen LogP contribution < -0.4 is 15.5 Å². The second kappa shape index (κ2) is 9.10. The lowest BCUT2D eigenvalue weighted by Gasteiger charge is -2.34. The third-order valence-electron chi connectivity index (χ3n) is 5.85. The van der Waals surface area contributed by atoms with Crippen molar-refractivity contribution in [3.8, 4) is 6.07 Å². The van der Waals surface area contributed by atoms with E-state index in [1.807, 2.05) is 24.3 Å². The minimum Gasteiger partial charge on any atom is -0.370 e. The summed E-state index contributed by atoms with van der Waals surface area (Å²) in [6.45, 7) is 2.66. The Labute approximate surface area is 171 Å². The Bertz CT molecular complexity index is 873. The van der Waals surface area contributed by atoms with Gasteiger partial charge in [0.25, 0.3) is 5.91 Å². The van der Waals surface area contributed by atoms with Crippen LogP contribution in [-0.2, 0) is 6.42 Å². The maximum atomic E-state index is 12.6. The first kappa shape index (κ1) is 19.5. The third-order valence-corrected chi connectivity index (χ3v) is 5.85. The highest BCUT2D eigenvalue weighted by molar-refractivity contribution is 5.92. The first-order chi connectivity index (χ1) is 14.2. The van der Waals surface area contributed by atoms with Crippen LogP contribution in [0.2, 0.25) is 0 Å². The fraction of sp³-hybridized carbons (Fsp3) is 0.500. The van der Waals surface area contributed by atoms with Gasteiger partial charge in [-0.25, -0.2) is 0 Å². The zero-order chi connectivity index (χ0) is 20.1. The molecule has 152 valence electrons. The number of carbonyl (C=O) groups is 1. The normalized spacial score (nSPS) is 20.2. The molecule has 2 fully saturated rings. The maximum Gasteiger partial charge on any atom is 0.273 e. The zero-order valence-electron chi connectivity index (χ0n) is 16.6. The fourth-order valence-electron chi connectivity index (χ4n) is 4.23. The Balaban J connectivity index is 1.28. The van der Waals surface area contributed by atoms with Crippen molar-refractivity contribution in [1.82, 2.24) is 15.8 Å². The molecule has 1 aromatic heterocycles. The Morgan fingerprint density at radius 3 is 2.86 bits per heavy atom. The lowest BCUT2D eigenvalue weighted by molar-refractivity contribution is 0.0922. The zero-order valence-corrected chi connectivity index (χ0v) is 16.6. The third kappa shape index (κ3) is 4.77. The molecule has 7 heteroatoms. The van der Waals surface area contributed by atoms with E-state index in [0.29, 0.717) is 17.3 Å². The number of benzene rings is 1. The van der Waals surface area contributed by atoms with E-state index in [0.717, 1.165) is 56.8 Å². The molecule has 2 saturated heterocycles. The molecule has 0 aliphatic carbocycles. The van der Waals surface area contributed by atoms with Crippen molar-refractivity contribution >= 4 is 11.6 Å². The minimum absolute atomic E-state index is 0.105. The van der Waals surface area contributed by atoms with Crippen molar-refractivity contribution in [2.24, 2.45) is 0 Å². The van der Waals surface area contributed by atoms with Gasteiger partial charge < -0.3 is 20.1 Å². The van der Waals surface area contributed by atoms with Crippen LogP contribution in [0.3, 0.4) is 0 Å². The topological polar surface area (TPSA) is 94.2 Å². The largest absolute Gasteiger partial charge is 0.370 e. The number of nitrogens with zero attached hydrogens (tertiary/aromatic N) is 3. The molecule has 1 atom stereocenters. The Hall–Kier alpha value is -2.85. The molecule has 1 amide bonds. The van der Waals surface area contributed by atoms with Crippen LogP contribution in [0.4, 0.5) is 5.69 Å². The number of amides is 1. The molecular formula is C22H27N5O2. The number of nitrogens with one attached hydrogen (secondary N) is 2. The van der Waals surface area contributed by atoms with Crippen LogP contribution in [0.15, 0.2) is 34.9 Å².